The number of methoxy groups -OCH3 is 1. The van der Waals surface area contributed by atoms with Crippen LogP contribution in [0.2, 0.25) is 5.02 Å². The Kier molecular flexibility index (Phi) is 4.14. The lowest BCUT2D eigenvalue weighted by atomic mass is 9.92. The molecule has 1 aliphatic carbocycles. The number of ether oxygens (including phenoxy) is 1. The van der Waals surface area contributed by atoms with Crippen molar-refractivity contribution in [2.24, 2.45) is 11.3 Å². The van der Waals surface area contributed by atoms with Crippen molar-refractivity contribution in [3.8, 4) is 0 Å². The lowest BCUT2D eigenvalue weighted by molar-refractivity contribution is 0.0602. The zero-order chi connectivity index (χ0) is 14.9. The van der Waals surface area contributed by atoms with Gasteiger partial charge in [-0.2, -0.15) is 0 Å². The minimum absolute atomic E-state index is 0.318. The molecule has 1 fully saturated rings. The van der Waals surface area contributed by atoms with Crippen LogP contribution in [0.3, 0.4) is 0 Å². The molecule has 1 aromatic rings. The quantitative estimate of drug-likeness (QED) is 0.644. The maximum Gasteiger partial charge on any atom is 0.340 e. The fourth-order valence-corrected chi connectivity index (χ4v) is 2.76. The molecule has 0 saturated heterocycles. The summed E-state index contributed by atoms with van der Waals surface area (Å²) in [7, 11) is 1.35. The molecule has 0 bridgehead atoms. The van der Waals surface area contributed by atoms with Crippen LogP contribution >= 0.6 is 11.6 Å². The maximum atomic E-state index is 11.8. The highest BCUT2D eigenvalue weighted by Gasteiger charge is 2.45. The molecule has 0 radical (unpaired) electrons. The molecular formula is C15H21ClN2O2. The SMILES string of the molecule is COC(=O)c1cc(N)cc(Cl)c1NCC1(C(C)C)CC1. The molecule has 0 atom stereocenters. The van der Waals surface area contributed by atoms with Gasteiger partial charge < -0.3 is 15.8 Å². The van der Waals surface area contributed by atoms with E-state index in [9.17, 15) is 4.79 Å². The van der Waals surface area contributed by atoms with E-state index in [0.717, 1.165) is 6.54 Å². The van der Waals surface area contributed by atoms with Gasteiger partial charge in [0, 0.05) is 12.2 Å². The third-order valence-corrected chi connectivity index (χ3v) is 4.55. The number of hydrogen-bond donors (Lipinski definition) is 2. The highest BCUT2D eigenvalue weighted by atomic mass is 35.5. The predicted octanol–water partition coefficient (Wildman–Crippen LogP) is 3.56. The first kappa shape index (κ1) is 15.0. The van der Waals surface area contributed by atoms with Gasteiger partial charge >= 0.3 is 5.97 Å². The summed E-state index contributed by atoms with van der Waals surface area (Å²) >= 11 is 6.21. The monoisotopic (exact) mass is 296 g/mol. The number of nitrogens with two attached hydrogens (primary N) is 1. The second-order valence-corrected chi connectivity index (χ2v) is 6.19. The van der Waals surface area contributed by atoms with Crippen molar-refractivity contribution in [1.29, 1.82) is 0 Å². The van der Waals surface area contributed by atoms with Gasteiger partial charge in [0.05, 0.1) is 23.4 Å². The van der Waals surface area contributed by atoms with Gasteiger partial charge in [-0.1, -0.05) is 25.4 Å². The lowest BCUT2D eigenvalue weighted by Crippen LogP contribution is -2.22. The lowest BCUT2D eigenvalue weighted by Gasteiger charge is -2.22. The van der Waals surface area contributed by atoms with E-state index in [-0.39, 0.29) is 0 Å². The van der Waals surface area contributed by atoms with Gasteiger partial charge in [-0.25, -0.2) is 4.79 Å². The van der Waals surface area contributed by atoms with E-state index in [4.69, 9.17) is 22.1 Å². The van der Waals surface area contributed by atoms with Gasteiger partial charge in [-0.3, -0.25) is 0 Å². The van der Waals surface area contributed by atoms with Crippen LogP contribution in [0.25, 0.3) is 0 Å². The number of rotatable bonds is 5. The summed E-state index contributed by atoms with van der Waals surface area (Å²) in [5.41, 5.74) is 7.51. The van der Waals surface area contributed by atoms with Crippen LogP contribution in [0.4, 0.5) is 11.4 Å². The fraction of sp³-hybridized carbons (Fsp3) is 0.533. The number of hydrogen-bond acceptors (Lipinski definition) is 4. The number of carbonyl (C=O) groups is 1. The summed E-state index contributed by atoms with van der Waals surface area (Å²) in [5.74, 6) is 0.167. The van der Waals surface area contributed by atoms with Gasteiger partial charge in [0.25, 0.3) is 0 Å². The standard InChI is InChI=1S/C15H21ClN2O2/c1-9(2)15(4-5-15)8-18-13-11(14(19)20-3)6-10(17)7-12(13)16/h6-7,9,18H,4-5,8,17H2,1-3H3. The number of esters is 1. The van der Waals surface area contributed by atoms with Crippen molar-refractivity contribution in [3.63, 3.8) is 0 Å². The van der Waals surface area contributed by atoms with Gasteiger partial charge in [0.15, 0.2) is 0 Å². The van der Waals surface area contributed by atoms with E-state index >= 15 is 0 Å². The Labute approximate surface area is 124 Å². The van der Waals surface area contributed by atoms with Crippen LogP contribution in [0.5, 0.6) is 0 Å². The number of nitrogen functional groups attached to an aromatic ring is 1. The maximum absolute atomic E-state index is 11.8. The normalized spacial score (nSPS) is 16.1. The highest BCUT2D eigenvalue weighted by Crippen LogP contribution is 2.52. The molecule has 0 amide bonds. The van der Waals surface area contributed by atoms with Gasteiger partial charge in [0.2, 0.25) is 0 Å². The van der Waals surface area contributed by atoms with Crippen molar-refractivity contribution in [3.05, 3.63) is 22.7 Å². The molecule has 4 nitrogen and oxygen atoms in total. The van der Waals surface area contributed by atoms with Crippen molar-refractivity contribution < 1.29 is 9.53 Å². The van der Waals surface area contributed by atoms with Crippen LogP contribution in [-0.2, 0) is 4.74 Å². The van der Waals surface area contributed by atoms with Crippen LogP contribution in [0.1, 0.15) is 37.0 Å². The number of carbonyl (C=O) groups excluding carboxylic acids is 1. The van der Waals surface area contributed by atoms with Crippen molar-refractivity contribution in [2.75, 3.05) is 24.7 Å². The molecule has 0 aliphatic heterocycles. The second kappa shape index (κ2) is 5.52. The average molecular weight is 297 g/mol. The molecular weight excluding hydrogens is 276 g/mol. The van der Waals surface area contributed by atoms with Gasteiger partial charge in [-0.05, 0) is 36.3 Å². The molecule has 2 rings (SSSR count). The molecule has 0 aromatic heterocycles. The Morgan fingerprint density at radius 2 is 2.15 bits per heavy atom. The Bertz CT molecular complexity index is 525. The largest absolute Gasteiger partial charge is 0.465 e. The molecule has 20 heavy (non-hydrogen) atoms. The number of benzene rings is 1. The van der Waals surface area contributed by atoms with Crippen molar-refractivity contribution >= 4 is 28.9 Å². The molecule has 1 aliphatic rings. The van der Waals surface area contributed by atoms with Crippen molar-refractivity contribution in [1.82, 2.24) is 0 Å². The molecule has 0 unspecified atom stereocenters. The predicted molar refractivity (Wildman–Crippen MR) is 82.2 cm³/mol. The number of anilines is 2. The molecule has 1 aromatic carbocycles. The number of halogens is 1. The topological polar surface area (TPSA) is 64.3 Å². The first-order chi connectivity index (χ1) is 9.39. The highest BCUT2D eigenvalue weighted by molar-refractivity contribution is 6.34. The third-order valence-electron chi connectivity index (χ3n) is 4.25. The van der Waals surface area contributed by atoms with Crippen LogP contribution < -0.4 is 11.1 Å². The summed E-state index contributed by atoms with van der Waals surface area (Å²) in [6.45, 7) is 5.25. The molecule has 5 heteroatoms. The summed E-state index contributed by atoms with van der Waals surface area (Å²) in [6.07, 6.45) is 2.41. The van der Waals surface area contributed by atoms with E-state index in [1.165, 1.54) is 20.0 Å². The summed E-state index contributed by atoms with van der Waals surface area (Å²) in [4.78, 5) is 11.8. The minimum atomic E-state index is -0.434. The van der Waals surface area contributed by atoms with E-state index in [1.807, 2.05) is 0 Å². The summed E-state index contributed by atoms with van der Waals surface area (Å²) < 4.78 is 4.79. The zero-order valence-corrected chi connectivity index (χ0v) is 12.9. The Hall–Kier alpha value is -1.42. The summed E-state index contributed by atoms with van der Waals surface area (Å²) in [6, 6.07) is 3.24. The van der Waals surface area contributed by atoms with E-state index < -0.39 is 5.97 Å². The van der Waals surface area contributed by atoms with Crippen LogP contribution in [0, 0.1) is 11.3 Å². The Morgan fingerprint density at radius 3 is 2.65 bits per heavy atom. The first-order valence-corrected chi connectivity index (χ1v) is 7.18. The van der Waals surface area contributed by atoms with Crippen LogP contribution in [-0.4, -0.2) is 19.6 Å². The minimum Gasteiger partial charge on any atom is -0.465 e. The van der Waals surface area contributed by atoms with E-state index in [1.54, 1.807) is 12.1 Å². The van der Waals surface area contributed by atoms with E-state index in [2.05, 4.69) is 19.2 Å². The molecule has 3 N–H and O–H groups in total. The fourth-order valence-electron chi connectivity index (χ4n) is 2.46. The Balaban J connectivity index is 2.24. The van der Waals surface area contributed by atoms with Gasteiger partial charge in [0.1, 0.15) is 0 Å². The van der Waals surface area contributed by atoms with Crippen molar-refractivity contribution in [2.45, 2.75) is 26.7 Å². The molecule has 0 spiro atoms. The van der Waals surface area contributed by atoms with Crippen LogP contribution in [0.15, 0.2) is 12.1 Å². The average Bonchev–Trinajstić information content (AvgIpc) is 3.17. The first-order valence-electron chi connectivity index (χ1n) is 6.81. The van der Waals surface area contributed by atoms with E-state index in [0.29, 0.717) is 33.3 Å². The molecule has 110 valence electrons. The smallest absolute Gasteiger partial charge is 0.340 e. The molecule has 0 heterocycles. The zero-order valence-electron chi connectivity index (χ0n) is 12.1. The Morgan fingerprint density at radius 1 is 1.50 bits per heavy atom. The second-order valence-electron chi connectivity index (χ2n) is 5.79. The molecule has 1 saturated carbocycles. The third kappa shape index (κ3) is 2.85. The number of nitrogens with one attached hydrogen (secondary N) is 1. The summed E-state index contributed by atoms with van der Waals surface area (Å²) in [5, 5.41) is 3.77. The van der Waals surface area contributed by atoms with Gasteiger partial charge in [-0.15, -0.1) is 0 Å².